The number of hydrogen-bond acceptors (Lipinski definition) is 4. The van der Waals surface area contributed by atoms with Crippen LogP contribution in [0.3, 0.4) is 0 Å². The van der Waals surface area contributed by atoms with Crippen LogP contribution in [0.2, 0.25) is 5.02 Å². The van der Waals surface area contributed by atoms with E-state index in [1.165, 1.54) is 16.2 Å². The van der Waals surface area contributed by atoms with Gasteiger partial charge in [0.1, 0.15) is 0 Å². The van der Waals surface area contributed by atoms with E-state index < -0.39 is 12.1 Å². The molecule has 1 N–H and O–H groups in total. The van der Waals surface area contributed by atoms with Crippen LogP contribution in [0, 0.1) is 0 Å². The first-order valence-electron chi connectivity index (χ1n) is 7.04. The van der Waals surface area contributed by atoms with Crippen molar-refractivity contribution in [2.75, 3.05) is 19.7 Å². The molecule has 7 heteroatoms. The number of thiophene rings is 1. The summed E-state index contributed by atoms with van der Waals surface area (Å²) in [4.78, 5) is 26.6. The van der Waals surface area contributed by atoms with Gasteiger partial charge in [-0.3, -0.25) is 4.79 Å². The number of hydrogen-bond donors (Lipinski definition) is 1. The number of carboxylic acid groups (broad SMARTS) is 1. The molecule has 0 bridgehead atoms. The number of rotatable bonds is 3. The molecule has 1 aliphatic heterocycles. The lowest BCUT2D eigenvalue weighted by atomic mass is 10.2. The molecular weight excluding hydrogens is 338 g/mol. The summed E-state index contributed by atoms with van der Waals surface area (Å²) < 4.78 is 5.14. The Hall–Kier alpha value is -1.89. The monoisotopic (exact) mass is 351 g/mol. The molecule has 0 spiro atoms. The van der Waals surface area contributed by atoms with Gasteiger partial charge in [-0.25, -0.2) is 4.79 Å². The summed E-state index contributed by atoms with van der Waals surface area (Å²) in [5, 5.41) is 9.65. The van der Waals surface area contributed by atoms with Gasteiger partial charge in [-0.1, -0.05) is 23.7 Å². The number of benzene rings is 1. The zero-order valence-corrected chi connectivity index (χ0v) is 13.6. The highest BCUT2D eigenvalue weighted by atomic mass is 35.5. The lowest BCUT2D eigenvalue weighted by Crippen LogP contribution is -2.48. The first-order chi connectivity index (χ1) is 11.0. The van der Waals surface area contributed by atoms with Crippen LogP contribution in [0.5, 0.6) is 0 Å². The van der Waals surface area contributed by atoms with E-state index in [9.17, 15) is 9.59 Å². The van der Waals surface area contributed by atoms with E-state index in [0.717, 1.165) is 10.4 Å². The second kappa shape index (κ2) is 6.70. The number of ether oxygens (including phenoxy) is 1. The number of carboxylic acids is 1. The van der Waals surface area contributed by atoms with E-state index >= 15 is 0 Å². The van der Waals surface area contributed by atoms with Crippen LogP contribution in [0.4, 0.5) is 0 Å². The summed E-state index contributed by atoms with van der Waals surface area (Å²) in [5.41, 5.74) is 0.951. The average Bonchev–Trinajstić information content (AvgIpc) is 3.04. The molecule has 1 aliphatic rings. The number of aliphatic carboxylic acids is 1. The van der Waals surface area contributed by atoms with Crippen LogP contribution in [0.25, 0.3) is 10.4 Å². The van der Waals surface area contributed by atoms with Gasteiger partial charge >= 0.3 is 5.97 Å². The number of carbonyl (C=O) groups excluding carboxylic acids is 1. The summed E-state index contributed by atoms with van der Waals surface area (Å²) in [5.74, 6) is -1.22. The largest absolute Gasteiger partial charge is 0.479 e. The van der Waals surface area contributed by atoms with E-state index in [-0.39, 0.29) is 19.1 Å². The van der Waals surface area contributed by atoms with E-state index in [4.69, 9.17) is 21.4 Å². The van der Waals surface area contributed by atoms with Crippen LogP contribution < -0.4 is 0 Å². The molecule has 3 rings (SSSR count). The molecule has 2 aromatic rings. The lowest BCUT2D eigenvalue weighted by molar-refractivity contribution is -0.154. The van der Waals surface area contributed by atoms with Crippen molar-refractivity contribution in [2.24, 2.45) is 0 Å². The van der Waals surface area contributed by atoms with E-state index in [2.05, 4.69) is 0 Å². The van der Waals surface area contributed by atoms with Crippen molar-refractivity contribution in [1.29, 1.82) is 0 Å². The smallest absolute Gasteiger partial charge is 0.334 e. The fourth-order valence-corrected chi connectivity index (χ4v) is 3.55. The van der Waals surface area contributed by atoms with Crippen molar-refractivity contribution in [3.63, 3.8) is 0 Å². The minimum atomic E-state index is -1.05. The lowest BCUT2D eigenvalue weighted by Gasteiger charge is -2.30. The van der Waals surface area contributed by atoms with Gasteiger partial charge in [0.25, 0.3) is 5.91 Å². The molecule has 1 amide bonds. The minimum absolute atomic E-state index is 0.0680. The molecule has 2 heterocycles. The van der Waals surface area contributed by atoms with Gasteiger partial charge < -0.3 is 14.7 Å². The maximum Gasteiger partial charge on any atom is 0.334 e. The molecule has 120 valence electrons. The maximum atomic E-state index is 12.5. The van der Waals surface area contributed by atoms with Gasteiger partial charge in [-0.05, 0) is 29.8 Å². The Morgan fingerprint density at radius 2 is 2.13 bits per heavy atom. The zero-order chi connectivity index (χ0) is 16.4. The molecule has 1 aromatic carbocycles. The molecular formula is C16H14ClNO4S. The Morgan fingerprint density at radius 3 is 2.87 bits per heavy atom. The molecule has 1 saturated heterocycles. The van der Waals surface area contributed by atoms with Crippen molar-refractivity contribution in [3.05, 3.63) is 46.3 Å². The summed E-state index contributed by atoms with van der Waals surface area (Å²) >= 11 is 7.36. The molecule has 1 fully saturated rings. The van der Waals surface area contributed by atoms with E-state index in [1.54, 1.807) is 12.1 Å². The fourth-order valence-electron chi connectivity index (χ4n) is 2.39. The third-order valence-electron chi connectivity index (χ3n) is 3.56. The topological polar surface area (TPSA) is 66.8 Å². The average molecular weight is 352 g/mol. The maximum absolute atomic E-state index is 12.5. The second-order valence-electron chi connectivity index (χ2n) is 5.12. The third-order valence-corrected chi connectivity index (χ3v) is 4.91. The molecule has 5 nitrogen and oxygen atoms in total. The van der Waals surface area contributed by atoms with Crippen LogP contribution >= 0.6 is 22.9 Å². The number of amides is 1. The summed E-state index contributed by atoms with van der Waals surface area (Å²) in [6, 6.07) is 11.1. The van der Waals surface area contributed by atoms with Crippen LogP contribution in [-0.2, 0) is 9.53 Å². The summed E-state index contributed by atoms with van der Waals surface area (Å²) in [7, 11) is 0. The van der Waals surface area contributed by atoms with Crippen molar-refractivity contribution in [3.8, 4) is 10.4 Å². The molecule has 0 unspecified atom stereocenters. The predicted molar refractivity (Wildman–Crippen MR) is 88.0 cm³/mol. The van der Waals surface area contributed by atoms with Gasteiger partial charge in [-0.2, -0.15) is 0 Å². The molecule has 0 radical (unpaired) electrons. The zero-order valence-electron chi connectivity index (χ0n) is 12.1. The van der Waals surface area contributed by atoms with Crippen LogP contribution in [0.15, 0.2) is 36.4 Å². The Balaban J connectivity index is 1.77. The predicted octanol–water partition coefficient (Wildman–Crippen LogP) is 2.99. The number of halogens is 1. The Labute approximate surface area is 142 Å². The highest BCUT2D eigenvalue weighted by Gasteiger charge is 2.30. The number of carbonyl (C=O) groups is 2. The Morgan fingerprint density at radius 1 is 1.30 bits per heavy atom. The van der Waals surface area contributed by atoms with E-state index in [0.29, 0.717) is 16.4 Å². The Kier molecular flexibility index (Phi) is 4.66. The quantitative estimate of drug-likeness (QED) is 0.923. The van der Waals surface area contributed by atoms with Crippen molar-refractivity contribution < 1.29 is 19.4 Å². The van der Waals surface area contributed by atoms with Crippen molar-refractivity contribution in [2.45, 2.75) is 6.10 Å². The third kappa shape index (κ3) is 3.55. The SMILES string of the molecule is O=C(O)[C@@H]1CN(C(=O)c2ccc(-c3cccc(Cl)c3)s2)CCO1. The fraction of sp³-hybridized carbons (Fsp3) is 0.250. The molecule has 23 heavy (non-hydrogen) atoms. The highest BCUT2D eigenvalue weighted by molar-refractivity contribution is 7.17. The minimum Gasteiger partial charge on any atom is -0.479 e. The number of morpholine rings is 1. The van der Waals surface area contributed by atoms with Gasteiger partial charge in [0, 0.05) is 16.4 Å². The molecule has 1 aromatic heterocycles. The van der Waals surface area contributed by atoms with Gasteiger partial charge in [0.05, 0.1) is 18.0 Å². The van der Waals surface area contributed by atoms with Crippen LogP contribution in [0.1, 0.15) is 9.67 Å². The molecule has 1 atom stereocenters. The Bertz CT molecular complexity index is 745. The standard InChI is InChI=1S/C16H14ClNO4S/c17-11-3-1-2-10(8-11)13-4-5-14(23-13)15(19)18-6-7-22-12(9-18)16(20)21/h1-5,8,12H,6-7,9H2,(H,20,21)/t12-/m0/s1. The highest BCUT2D eigenvalue weighted by Crippen LogP contribution is 2.30. The first-order valence-corrected chi connectivity index (χ1v) is 8.23. The van der Waals surface area contributed by atoms with Gasteiger partial charge in [0.15, 0.2) is 6.10 Å². The second-order valence-corrected chi connectivity index (χ2v) is 6.64. The number of nitrogens with zero attached hydrogens (tertiary/aromatic N) is 1. The van der Waals surface area contributed by atoms with Crippen LogP contribution in [-0.4, -0.2) is 47.7 Å². The normalized spacial score (nSPS) is 18.0. The van der Waals surface area contributed by atoms with E-state index in [1.807, 2.05) is 24.3 Å². The summed E-state index contributed by atoms with van der Waals surface area (Å²) in [6.07, 6.45) is -0.958. The molecule has 0 aliphatic carbocycles. The first kappa shape index (κ1) is 16.0. The van der Waals surface area contributed by atoms with Gasteiger partial charge in [-0.15, -0.1) is 11.3 Å². The molecule has 0 saturated carbocycles. The van der Waals surface area contributed by atoms with Crippen molar-refractivity contribution in [1.82, 2.24) is 4.90 Å². The van der Waals surface area contributed by atoms with Gasteiger partial charge in [0.2, 0.25) is 0 Å². The summed E-state index contributed by atoms with van der Waals surface area (Å²) in [6.45, 7) is 0.695. The van der Waals surface area contributed by atoms with Crippen molar-refractivity contribution >= 4 is 34.8 Å².